The minimum absolute atomic E-state index is 0.0487. The molecule has 0 aliphatic carbocycles. The molecule has 12 rings (SSSR count). The molecule has 0 heterocycles. The Hall–Kier alpha value is 2.37. The molecule has 0 bridgehead atoms. The van der Waals surface area contributed by atoms with Crippen molar-refractivity contribution >= 4 is 274 Å². The summed E-state index contributed by atoms with van der Waals surface area (Å²) in [6.45, 7) is 66.8. The van der Waals surface area contributed by atoms with Crippen molar-refractivity contribution in [3.05, 3.63) is 318 Å². The number of hydrogen-bond donors (Lipinski definition) is 6. The first-order valence-electron chi connectivity index (χ1n) is 47.1. The van der Waals surface area contributed by atoms with Gasteiger partial charge >= 0.3 is 214 Å². The maximum atomic E-state index is 10.9. The van der Waals surface area contributed by atoms with Gasteiger partial charge in [0, 0.05) is 117 Å². The molecule has 0 spiro atoms. The molecule has 0 aliphatic rings. The molecular weight excluding hydrogens is 2500 g/mol. The molecule has 6 unspecified atom stereocenters. The number of phenolic OH excluding ortho intramolecular Hbond substituents is 6. The van der Waals surface area contributed by atoms with E-state index in [-0.39, 0.29) is 58.4 Å². The van der Waals surface area contributed by atoms with E-state index in [1.165, 1.54) is 158 Å². The zero-order chi connectivity index (χ0) is 111. The monoisotopic (exact) mass is 2650 g/mol. The van der Waals surface area contributed by atoms with Crippen molar-refractivity contribution in [1.29, 1.82) is 0 Å². The third-order valence-corrected chi connectivity index (χ3v) is 38.3. The molecule has 0 amide bonds. The van der Waals surface area contributed by atoms with Gasteiger partial charge in [0.15, 0.2) is 0 Å². The quantitative estimate of drug-likeness (QED) is 0.0265. The molecule has 12 aromatic rings. The average molecular weight is 2660 g/mol. The van der Waals surface area contributed by atoms with Crippen LogP contribution < -0.4 is 63.7 Å². The second-order valence-corrected chi connectivity index (χ2v) is 78.8. The Morgan fingerprint density at radius 3 is 0.753 bits per heavy atom. The Balaban J connectivity index is 0.000000847. The van der Waals surface area contributed by atoms with Crippen LogP contribution in [0.4, 0.5) is 0 Å². The number of halogens is 12. The Morgan fingerprint density at radius 2 is 0.452 bits per heavy atom. The number of hydrogen-bond acceptors (Lipinski definition) is 6. The van der Waals surface area contributed by atoms with E-state index in [9.17, 15) is 30.6 Å². The van der Waals surface area contributed by atoms with Crippen LogP contribution in [0.3, 0.4) is 0 Å². The summed E-state index contributed by atoms with van der Waals surface area (Å²) in [4.78, 5) is 0. The molecule has 0 radical (unpaired) electrons. The molecule has 0 aliphatic heterocycles. The van der Waals surface area contributed by atoms with Crippen molar-refractivity contribution in [3.8, 4) is 34.5 Å². The summed E-state index contributed by atoms with van der Waals surface area (Å²) in [6.07, 6.45) is 7.16. The van der Waals surface area contributed by atoms with Crippen LogP contribution in [0, 0.1) is 83.1 Å². The van der Waals surface area contributed by atoms with Crippen LogP contribution in [0.5, 0.6) is 34.5 Å². The van der Waals surface area contributed by atoms with Crippen molar-refractivity contribution < 1.29 is 133 Å². The van der Waals surface area contributed by atoms with E-state index in [0.29, 0.717) is 86.0 Å². The molecule has 36 heteroatoms. The Kier molecular flexibility index (Phi) is 80.4. The zero-order valence-corrected chi connectivity index (χ0v) is 121. The Bertz CT molecular complexity index is 5740. The van der Waals surface area contributed by atoms with Gasteiger partial charge in [0.1, 0.15) is 34.5 Å². The maximum absolute atomic E-state index is 10.9. The van der Waals surface area contributed by atoms with Gasteiger partial charge in [-0.15, -0.1) is 0 Å². The van der Waals surface area contributed by atoms with Gasteiger partial charge in [0.05, 0.1) is 37.0 Å². The summed E-state index contributed by atoms with van der Waals surface area (Å²) in [5.41, 5.74) is 25.8. The van der Waals surface area contributed by atoms with Crippen LogP contribution in [-0.2, 0) is 150 Å². The first-order chi connectivity index (χ1) is 68.6. The zero-order valence-electron chi connectivity index (χ0n) is 90.1. The predicted molar refractivity (Wildman–Crippen MR) is 680 cm³/mol. The summed E-state index contributed by atoms with van der Waals surface area (Å²) >= 11 is -3.33. The van der Waals surface area contributed by atoms with Crippen molar-refractivity contribution in [3.63, 3.8) is 0 Å². The number of aryl methyl sites for hydroxylation is 12. The van der Waals surface area contributed by atoms with Crippen molar-refractivity contribution in [2.45, 2.75) is 172 Å². The molecule has 0 aromatic heterocycles. The van der Waals surface area contributed by atoms with Crippen LogP contribution in [0.1, 0.15) is 153 Å². The number of benzene rings is 12. The first-order valence-corrected chi connectivity index (χ1v) is 95.1. The van der Waals surface area contributed by atoms with Gasteiger partial charge in [0.2, 0.25) is 0 Å². The molecule has 0 saturated carbocycles. The Labute approximate surface area is 998 Å². The summed E-state index contributed by atoms with van der Waals surface area (Å²) in [5, 5.41) is 77.0. The fraction of sp³-hybridized carbons (Fsp3) is 0.345. The minimum atomic E-state index is -0.556. The summed E-state index contributed by atoms with van der Waals surface area (Å²) in [5.74, 6) is 2.70. The molecule has 792 valence electrons. The number of para-hydroxylation sites is 2. The molecule has 0 fully saturated rings. The molecule has 146 heavy (non-hydrogen) atoms. The van der Waals surface area contributed by atoms with E-state index in [1.54, 1.807) is 6.07 Å². The normalized spacial score (nSPS) is 11.1. The van der Waals surface area contributed by atoms with E-state index in [1.807, 2.05) is 75.4 Å². The second kappa shape index (κ2) is 80.2. The van der Waals surface area contributed by atoms with Crippen molar-refractivity contribution in [1.82, 2.24) is 0 Å². The molecular formula is C110H154Cl12O6P12Ti6+6. The third-order valence-electron chi connectivity index (χ3n) is 21.9. The fourth-order valence-corrected chi connectivity index (χ4v) is 31.1. The number of phenols is 6. The predicted octanol–water partition coefficient (Wildman–Crippen LogP) is 32.5. The molecule has 6 nitrogen and oxygen atoms in total. The van der Waals surface area contributed by atoms with Gasteiger partial charge in [0.25, 0.3) is 0 Å². The van der Waals surface area contributed by atoms with Crippen LogP contribution in [0.2, 0.25) is 0 Å². The van der Waals surface area contributed by atoms with E-state index in [2.05, 4.69) is 329 Å². The topological polar surface area (TPSA) is 121 Å². The van der Waals surface area contributed by atoms with Gasteiger partial charge in [-0.2, -0.15) is 0 Å². The molecule has 0 saturated heterocycles. The Morgan fingerprint density at radius 1 is 0.219 bits per heavy atom. The third kappa shape index (κ3) is 57.3. The van der Waals surface area contributed by atoms with Gasteiger partial charge in [-0.25, -0.2) is 0 Å². The average Bonchev–Trinajstić information content (AvgIpc) is 0.795. The second-order valence-electron chi connectivity index (χ2n) is 39.0. The fourth-order valence-electron chi connectivity index (χ4n) is 15.3. The van der Waals surface area contributed by atoms with E-state index in [0.717, 1.165) is 54.1 Å². The van der Waals surface area contributed by atoms with Gasteiger partial charge < -0.3 is 30.6 Å². The summed E-state index contributed by atoms with van der Waals surface area (Å²) in [7, 11) is 60.0. The van der Waals surface area contributed by atoms with Gasteiger partial charge in [-0.1, -0.05) is 268 Å². The number of aromatic hydroxyl groups is 6. The van der Waals surface area contributed by atoms with E-state index >= 15 is 0 Å². The van der Waals surface area contributed by atoms with E-state index < -0.39 is 102 Å². The summed E-state index contributed by atoms with van der Waals surface area (Å²) < 4.78 is 0. The van der Waals surface area contributed by atoms with Crippen LogP contribution in [-0.4, -0.2) is 111 Å². The molecule has 6 atom stereocenters. The standard InChI is InChI=1S/2C21H30OP2.C18H24OP2.2C17H22OP2.C16H20OP2.12ClH.6Ti/c1-14-11-17(21(3,4)5)19(22)18(12-14)23-20-15(2)9-8-10-16(20)13-24(6)7;1-14-9-8-10-16(13-24(6)7)20(14)23-18-12-17(21(3,4)5)11-15(2)19(18)22;1-12-9-14(3)17(19)16(10-12)20-18-13(2)7-6-8-15(18)11-21(4)5;1-12-7-6-10-15(16(12)18)19-17-13(2)8-5-9-14(17)11-20(3)4;1-12-8-9-15(18)16(10-12)19-17-13(2)6-5-7-14(17)11-20(3)4;1-12-7-6-8-13(11-19(2)3)16(12)18-15-10-5-4-9-14(15)17;;;;;;;;;;;;;;;;;;/h2*8-12,22-23H,13H2,1-7H3;6-10,19-20H,11H2,1-5H3;2*5-10,18-19H,11H2,1-4H3;4-10,17-18H,11H2,1-3H3;12*1H;;;;;;/q;;;;;;;;;;;;;;;;;;6*+2/p-6. The van der Waals surface area contributed by atoms with Crippen molar-refractivity contribution in [2.24, 2.45) is 0 Å². The first kappa shape index (κ1) is 146. The van der Waals surface area contributed by atoms with E-state index in [4.69, 9.17) is 112 Å². The number of rotatable bonds is 24. The van der Waals surface area contributed by atoms with Crippen LogP contribution in [0.15, 0.2) is 206 Å². The van der Waals surface area contributed by atoms with Crippen molar-refractivity contribution in [2.75, 3.05) is 80.0 Å². The summed E-state index contributed by atoms with van der Waals surface area (Å²) in [6, 6.07) is 71.9. The van der Waals surface area contributed by atoms with Gasteiger partial charge in [-0.05, 0) is 310 Å². The molecule has 12 aromatic carbocycles. The van der Waals surface area contributed by atoms with Crippen LogP contribution in [0.25, 0.3) is 0 Å². The van der Waals surface area contributed by atoms with Gasteiger partial charge in [-0.3, -0.25) is 0 Å². The van der Waals surface area contributed by atoms with Crippen LogP contribution >= 0.6 is 211 Å². The SMILES string of the molecule is Cc1cc(C(C)(C)C)cc(Pc2c(C)cccc2C[PH+](C)C)c1O.Cc1cc(C)c(O)c(Pc2c(C)cccc2C[PH+](C)C)c1.Cc1cc(Pc2c(C)cccc2C[PH+](C)C)c(O)c(C(C)(C)C)c1.Cc1ccc(O)c(Pc2c(C)cccc2C[PH+](C)C)c1.Cc1cccc(C[PH+](C)C)c1Pc1ccccc1O.Cc1cccc(Pc2c(C)cccc2C[PH+](C)C)c1O.[Cl][Ti][Cl].[Cl][Ti][Cl].[Cl][Ti][Cl].[Cl][Ti][Cl].[Cl][Ti][Cl].[Cl][Ti][Cl]. The molecule has 6 N–H and O–H groups in total.